The molecule has 0 saturated carbocycles. The van der Waals surface area contributed by atoms with Crippen LogP contribution in [0.25, 0.3) is 0 Å². The molecule has 1 unspecified atom stereocenters. The van der Waals surface area contributed by atoms with Crippen molar-refractivity contribution in [3.05, 3.63) is 80.7 Å². The van der Waals surface area contributed by atoms with E-state index in [9.17, 15) is 14.4 Å². The van der Waals surface area contributed by atoms with Gasteiger partial charge in [-0.25, -0.2) is 4.79 Å². The van der Waals surface area contributed by atoms with Crippen LogP contribution in [0.3, 0.4) is 0 Å². The number of allylic oxidation sites excluding steroid dienone is 1. The number of Topliss-reactive ketones (excluding diaryl/α,β-unsaturated/α-hetero) is 1. The number of carbonyl (C=O) groups is 3. The summed E-state index contributed by atoms with van der Waals surface area (Å²) in [6, 6.07) is 13.0. The number of fused-ring (bicyclic) bond motifs is 3. The van der Waals surface area contributed by atoms with Crippen molar-refractivity contribution < 1.29 is 19.1 Å². The van der Waals surface area contributed by atoms with E-state index in [0.717, 1.165) is 11.3 Å². The lowest BCUT2D eigenvalue weighted by Crippen LogP contribution is -2.53. The largest absolute Gasteiger partial charge is 0.466 e. The molecule has 5 rings (SSSR count). The first-order valence-corrected chi connectivity index (χ1v) is 11.4. The number of nitrogens with one attached hydrogen (secondary N) is 1. The van der Waals surface area contributed by atoms with E-state index in [1.807, 2.05) is 31.2 Å². The van der Waals surface area contributed by atoms with Crippen molar-refractivity contribution in [2.45, 2.75) is 31.6 Å². The summed E-state index contributed by atoms with van der Waals surface area (Å²) in [5.74, 6) is -1.32. The Morgan fingerprint density at radius 2 is 1.97 bits per heavy atom. The molecule has 33 heavy (non-hydrogen) atoms. The lowest BCUT2D eigenvalue weighted by atomic mass is 9.63. The lowest BCUT2D eigenvalue weighted by Gasteiger charge is -2.44. The second kappa shape index (κ2) is 7.59. The number of hydrogen-bond acceptors (Lipinski definition) is 6. The number of amides is 1. The highest BCUT2D eigenvalue weighted by atomic mass is 79.9. The van der Waals surface area contributed by atoms with E-state index in [1.165, 1.54) is 7.11 Å². The number of nitrogens with two attached hydrogens (primary N) is 1. The molecule has 168 valence electrons. The van der Waals surface area contributed by atoms with Gasteiger partial charge < -0.3 is 15.8 Å². The minimum atomic E-state index is -1.68. The number of nitrogens with zero attached hydrogens (tertiary/aromatic N) is 1. The SMILES string of the molecule is COC(=O)C1=C(N)N(c2cccc(C)c2)C2=C(C(=O)CCC2)C12C(=O)Nc1ccc(Br)cc12. The zero-order valence-electron chi connectivity index (χ0n) is 18.2. The van der Waals surface area contributed by atoms with Gasteiger partial charge in [-0.05, 0) is 55.7 Å². The average Bonchev–Trinajstić information content (AvgIpc) is 3.05. The second-order valence-corrected chi connectivity index (χ2v) is 9.33. The van der Waals surface area contributed by atoms with Gasteiger partial charge in [0.2, 0.25) is 5.91 Å². The van der Waals surface area contributed by atoms with Gasteiger partial charge in [0.15, 0.2) is 5.78 Å². The molecule has 3 N–H and O–H groups in total. The molecule has 2 aliphatic heterocycles. The third kappa shape index (κ3) is 2.90. The maximum absolute atomic E-state index is 13.8. The summed E-state index contributed by atoms with van der Waals surface area (Å²) in [6.07, 6.45) is 1.46. The van der Waals surface area contributed by atoms with Gasteiger partial charge in [-0.3, -0.25) is 14.5 Å². The van der Waals surface area contributed by atoms with E-state index >= 15 is 0 Å². The molecule has 7 nitrogen and oxygen atoms in total. The summed E-state index contributed by atoms with van der Waals surface area (Å²) >= 11 is 3.47. The number of halogens is 1. The molecule has 1 aliphatic carbocycles. The van der Waals surface area contributed by atoms with Gasteiger partial charge in [-0.2, -0.15) is 0 Å². The Balaban J connectivity index is 1.92. The van der Waals surface area contributed by atoms with E-state index in [-0.39, 0.29) is 23.6 Å². The molecule has 0 saturated heterocycles. The van der Waals surface area contributed by atoms with Crippen LogP contribution >= 0.6 is 15.9 Å². The number of ether oxygens (including phenoxy) is 1. The van der Waals surface area contributed by atoms with Gasteiger partial charge in [0.1, 0.15) is 16.8 Å². The van der Waals surface area contributed by atoms with Crippen molar-refractivity contribution in [2.24, 2.45) is 5.73 Å². The van der Waals surface area contributed by atoms with E-state index in [2.05, 4.69) is 21.2 Å². The molecule has 0 fully saturated rings. The molecule has 1 atom stereocenters. The molecule has 2 aromatic carbocycles. The Labute approximate surface area is 199 Å². The first-order chi connectivity index (χ1) is 15.8. The smallest absolute Gasteiger partial charge is 0.339 e. The van der Waals surface area contributed by atoms with Crippen LogP contribution in [0.5, 0.6) is 0 Å². The molecule has 0 radical (unpaired) electrons. The van der Waals surface area contributed by atoms with Crippen molar-refractivity contribution in [2.75, 3.05) is 17.3 Å². The fourth-order valence-corrected chi connectivity index (χ4v) is 5.60. The van der Waals surface area contributed by atoms with E-state index < -0.39 is 17.3 Å². The predicted molar refractivity (Wildman–Crippen MR) is 127 cm³/mol. The van der Waals surface area contributed by atoms with Gasteiger partial charge in [0.05, 0.1) is 7.11 Å². The third-order valence-corrected chi connectivity index (χ3v) is 7.02. The average molecular weight is 508 g/mol. The Morgan fingerprint density at radius 1 is 1.18 bits per heavy atom. The molecule has 1 amide bonds. The molecule has 2 aromatic rings. The monoisotopic (exact) mass is 507 g/mol. The third-order valence-electron chi connectivity index (χ3n) is 6.53. The van der Waals surface area contributed by atoms with Crippen LogP contribution in [0.1, 0.15) is 30.4 Å². The fraction of sp³-hybridized carbons (Fsp3) is 0.240. The van der Waals surface area contributed by atoms with Crippen LogP contribution in [0.2, 0.25) is 0 Å². The van der Waals surface area contributed by atoms with Gasteiger partial charge in [0, 0.05) is 39.1 Å². The Morgan fingerprint density at radius 3 is 2.70 bits per heavy atom. The molecule has 3 aliphatic rings. The van der Waals surface area contributed by atoms with Crippen molar-refractivity contribution in [3.8, 4) is 0 Å². The normalized spacial score (nSPS) is 21.8. The van der Waals surface area contributed by atoms with Gasteiger partial charge in [-0.15, -0.1) is 0 Å². The van der Waals surface area contributed by atoms with Crippen molar-refractivity contribution >= 4 is 45.0 Å². The van der Waals surface area contributed by atoms with Crippen LogP contribution < -0.4 is 16.0 Å². The number of anilines is 2. The lowest BCUT2D eigenvalue weighted by molar-refractivity contribution is -0.138. The number of aryl methyl sites for hydroxylation is 1. The molecular weight excluding hydrogens is 486 g/mol. The Kier molecular flexibility index (Phi) is 4.93. The summed E-state index contributed by atoms with van der Waals surface area (Å²) in [6.45, 7) is 1.95. The molecule has 2 heterocycles. The Bertz CT molecular complexity index is 1310. The summed E-state index contributed by atoms with van der Waals surface area (Å²) in [4.78, 5) is 42.3. The molecule has 1 spiro atoms. The Hall–Kier alpha value is -3.39. The van der Waals surface area contributed by atoms with Crippen LogP contribution in [0.4, 0.5) is 11.4 Å². The van der Waals surface area contributed by atoms with Gasteiger partial charge >= 0.3 is 5.97 Å². The van der Waals surface area contributed by atoms with Crippen LogP contribution in [-0.2, 0) is 24.5 Å². The van der Waals surface area contributed by atoms with Crippen LogP contribution in [0, 0.1) is 6.92 Å². The standard InChI is InChI=1S/C25H22BrN3O4/c1-13-5-3-6-15(11-13)29-18-7-4-8-19(30)20(18)25(21(22(29)27)23(31)33-2)16-12-14(26)9-10-17(16)28-24(25)32/h3,5-6,9-12H,4,7-8,27H2,1-2H3,(H,28,32). The maximum atomic E-state index is 13.8. The quantitative estimate of drug-likeness (QED) is 0.599. The highest BCUT2D eigenvalue weighted by Gasteiger charge is 2.61. The number of carbonyl (C=O) groups excluding carboxylic acids is 3. The number of benzene rings is 2. The summed E-state index contributed by atoms with van der Waals surface area (Å²) in [5.41, 5.74) is 8.69. The van der Waals surface area contributed by atoms with Crippen molar-refractivity contribution in [3.63, 3.8) is 0 Å². The maximum Gasteiger partial charge on any atom is 0.339 e. The highest BCUT2D eigenvalue weighted by Crippen LogP contribution is 2.55. The minimum Gasteiger partial charge on any atom is -0.466 e. The topological polar surface area (TPSA) is 102 Å². The summed E-state index contributed by atoms with van der Waals surface area (Å²) in [5, 5.41) is 2.87. The molecule has 0 bridgehead atoms. The summed E-state index contributed by atoms with van der Waals surface area (Å²) < 4.78 is 5.85. The summed E-state index contributed by atoms with van der Waals surface area (Å²) in [7, 11) is 1.24. The molecule has 0 aromatic heterocycles. The van der Waals surface area contributed by atoms with E-state index in [1.54, 1.807) is 23.1 Å². The zero-order valence-corrected chi connectivity index (χ0v) is 19.8. The fourth-order valence-electron chi connectivity index (χ4n) is 5.24. The number of hydrogen-bond donors (Lipinski definition) is 2. The number of esters is 1. The van der Waals surface area contributed by atoms with Crippen molar-refractivity contribution in [1.82, 2.24) is 0 Å². The number of methoxy groups -OCH3 is 1. The molecular formula is C25H22BrN3O4. The van der Waals surface area contributed by atoms with Crippen LogP contribution in [-0.4, -0.2) is 24.8 Å². The highest BCUT2D eigenvalue weighted by molar-refractivity contribution is 9.10. The first kappa shape index (κ1) is 21.5. The second-order valence-electron chi connectivity index (χ2n) is 8.42. The van der Waals surface area contributed by atoms with Gasteiger partial charge in [-0.1, -0.05) is 28.1 Å². The number of ketones is 1. The van der Waals surface area contributed by atoms with Crippen LogP contribution in [0.15, 0.2) is 69.6 Å². The van der Waals surface area contributed by atoms with E-state index in [0.29, 0.717) is 39.8 Å². The number of rotatable bonds is 2. The first-order valence-electron chi connectivity index (χ1n) is 10.6. The predicted octanol–water partition coefficient (Wildman–Crippen LogP) is 3.82. The van der Waals surface area contributed by atoms with Gasteiger partial charge in [0.25, 0.3) is 0 Å². The van der Waals surface area contributed by atoms with Crippen molar-refractivity contribution in [1.29, 1.82) is 0 Å². The minimum absolute atomic E-state index is 0.0464. The van der Waals surface area contributed by atoms with E-state index in [4.69, 9.17) is 10.5 Å². The zero-order chi connectivity index (χ0) is 23.5. The molecule has 8 heteroatoms.